The summed E-state index contributed by atoms with van der Waals surface area (Å²) in [6.45, 7) is 2.03. The van der Waals surface area contributed by atoms with E-state index in [0.29, 0.717) is 0 Å². The Kier molecular flexibility index (Phi) is 4.57. The molecule has 1 nitrogen and oxygen atoms in total. The van der Waals surface area contributed by atoms with Crippen LogP contribution in [0.15, 0.2) is 84.9 Å². The van der Waals surface area contributed by atoms with Gasteiger partial charge < -0.3 is 0 Å². The molecule has 0 aliphatic carbocycles. The third kappa shape index (κ3) is 3.79. The molecule has 0 unspecified atom stereocenters. The largest absolute Gasteiger partial charge is 0.290 e. The van der Waals surface area contributed by atoms with Crippen molar-refractivity contribution in [2.24, 2.45) is 0 Å². The standard InChI is InChI=1S/C21H17N/c1-3-7-18(8-4-1)15-16-22-17-19-11-13-21(14-12-19)20-9-5-2-6-10-20/h1-14,17H,22H2. The summed E-state index contributed by atoms with van der Waals surface area (Å²) in [6.07, 6.45) is 0. The van der Waals surface area contributed by atoms with E-state index in [2.05, 4.69) is 60.5 Å². The first-order valence-corrected chi connectivity index (χ1v) is 7.30. The van der Waals surface area contributed by atoms with Gasteiger partial charge in [-0.1, -0.05) is 48.5 Å². The fourth-order valence-electron chi connectivity index (χ4n) is 2.20. The zero-order valence-corrected chi connectivity index (χ0v) is 12.2. The van der Waals surface area contributed by atoms with Gasteiger partial charge in [0.25, 0.3) is 0 Å². The van der Waals surface area contributed by atoms with Crippen molar-refractivity contribution in [3.63, 3.8) is 0 Å². The Bertz CT molecular complexity index is 763. The maximum atomic E-state index is 3.12. The van der Waals surface area contributed by atoms with Gasteiger partial charge in [0.05, 0.1) is 0 Å². The summed E-state index contributed by atoms with van der Waals surface area (Å²) in [5.74, 6) is 3.12. The topological polar surface area (TPSA) is 16.6 Å². The minimum Gasteiger partial charge on any atom is -0.290 e. The summed E-state index contributed by atoms with van der Waals surface area (Å²) in [7, 11) is 0. The summed E-state index contributed by atoms with van der Waals surface area (Å²) in [5.41, 5.74) is 4.66. The van der Waals surface area contributed by atoms with Crippen molar-refractivity contribution in [2.45, 2.75) is 0 Å². The number of nitrogens with two attached hydrogens (primary N) is 1. The molecular formula is C21H17N. The molecule has 0 radical (unpaired) electrons. The smallest absolute Gasteiger partial charge is 0.133 e. The number of rotatable bonds is 3. The average molecular weight is 283 g/mol. The number of hydrogen-bond donors (Lipinski definition) is 1. The first-order valence-electron chi connectivity index (χ1n) is 7.30. The highest BCUT2D eigenvalue weighted by molar-refractivity contribution is 5.63. The van der Waals surface area contributed by atoms with Gasteiger partial charge in [0, 0.05) is 12.1 Å². The molecule has 0 aromatic heterocycles. The van der Waals surface area contributed by atoms with Gasteiger partial charge in [-0.2, -0.15) is 12.1 Å². The van der Waals surface area contributed by atoms with Gasteiger partial charge in [0.1, 0.15) is 6.04 Å². The normalized spacial score (nSPS) is 9.64. The highest BCUT2D eigenvalue weighted by atomic mass is 14.8. The Morgan fingerprint density at radius 2 is 1.23 bits per heavy atom. The van der Waals surface area contributed by atoms with Crippen molar-refractivity contribution in [2.75, 3.05) is 0 Å². The van der Waals surface area contributed by atoms with Crippen LogP contribution in [0.1, 0.15) is 11.1 Å². The van der Waals surface area contributed by atoms with Gasteiger partial charge in [0.2, 0.25) is 0 Å². The summed E-state index contributed by atoms with van der Waals surface area (Å²) in [6, 6.07) is 32.0. The van der Waals surface area contributed by atoms with Crippen LogP contribution in [0.5, 0.6) is 0 Å². The van der Waals surface area contributed by atoms with Gasteiger partial charge in [-0.05, 0) is 29.2 Å². The zero-order chi connectivity index (χ0) is 15.0. The van der Waals surface area contributed by atoms with E-state index in [9.17, 15) is 0 Å². The van der Waals surface area contributed by atoms with E-state index in [1.807, 2.05) is 48.3 Å². The molecule has 0 atom stereocenters. The lowest BCUT2D eigenvalue weighted by Crippen LogP contribution is -2.75. The molecule has 3 aromatic rings. The molecule has 0 spiro atoms. The summed E-state index contributed by atoms with van der Waals surface area (Å²) in [5, 5.41) is 1.89. The minimum absolute atomic E-state index is 1.03. The van der Waals surface area contributed by atoms with Crippen LogP contribution in [-0.4, -0.2) is 0 Å². The molecule has 0 saturated heterocycles. The Morgan fingerprint density at radius 3 is 1.91 bits per heavy atom. The Hall–Kier alpha value is -2.95. The highest BCUT2D eigenvalue weighted by Crippen LogP contribution is 2.18. The molecule has 0 saturated carbocycles. The molecule has 22 heavy (non-hydrogen) atoms. The Labute approximate surface area is 131 Å². The van der Waals surface area contributed by atoms with Crippen LogP contribution in [0, 0.1) is 18.5 Å². The maximum Gasteiger partial charge on any atom is 0.133 e. The molecule has 0 bridgehead atoms. The maximum absolute atomic E-state index is 3.12. The molecule has 0 fully saturated rings. The molecule has 3 rings (SSSR count). The fourth-order valence-corrected chi connectivity index (χ4v) is 2.20. The van der Waals surface area contributed by atoms with Gasteiger partial charge >= 0.3 is 0 Å². The molecule has 0 aliphatic heterocycles. The average Bonchev–Trinajstić information content (AvgIpc) is 2.61. The van der Waals surface area contributed by atoms with Crippen LogP contribution in [0.25, 0.3) is 11.1 Å². The van der Waals surface area contributed by atoms with Crippen LogP contribution >= 0.6 is 0 Å². The van der Waals surface area contributed by atoms with Crippen molar-refractivity contribution in [1.29, 1.82) is 0 Å². The van der Waals surface area contributed by atoms with Crippen LogP contribution in [0.2, 0.25) is 0 Å². The molecule has 0 amide bonds. The molecule has 0 heterocycles. The quantitative estimate of drug-likeness (QED) is 0.560. The molecule has 106 valence electrons. The van der Waals surface area contributed by atoms with Crippen molar-refractivity contribution in [3.05, 3.63) is 103 Å². The monoisotopic (exact) mass is 283 g/mol. The summed E-state index contributed by atoms with van der Waals surface area (Å²) in [4.78, 5) is 0. The lowest BCUT2D eigenvalue weighted by Gasteiger charge is -2.08. The second kappa shape index (κ2) is 7.17. The van der Waals surface area contributed by atoms with E-state index in [1.54, 1.807) is 0 Å². The number of hydrogen-bond acceptors (Lipinski definition) is 0. The zero-order valence-electron chi connectivity index (χ0n) is 12.2. The van der Waals surface area contributed by atoms with Crippen LogP contribution < -0.4 is 5.32 Å². The SMILES string of the molecule is C(#Cc1ccccc1)[NH2+][CH-]c1ccc(-c2ccccc2)cc1. The lowest BCUT2D eigenvalue weighted by molar-refractivity contribution is -0.518. The molecule has 3 aromatic carbocycles. The lowest BCUT2D eigenvalue weighted by atomic mass is 10.0. The highest BCUT2D eigenvalue weighted by Gasteiger charge is 1.93. The van der Waals surface area contributed by atoms with E-state index in [4.69, 9.17) is 0 Å². The predicted octanol–water partition coefficient (Wildman–Crippen LogP) is 3.44. The van der Waals surface area contributed by atoms with Crippen molar-refractivity contribution >= 4 is 0 Å². The Morgan fingerprint density at radius 1 is 0.636 bits per heavy atom. The second-order valence-corrected chi connectivity index (χ2v) is 4.96. The molecule has 2 N–H and O–H groups in total. The van der Waals surface area contributed by atoms with Gasteiger partial charge in [-0.25, -0.2) is 0 Å². The number of benzene rings is 3. The third-order valence-electron chi connectivity index (χ3n) is 3.37. The minimum atomic E-state index is 1.03. The van der Waals surface area contributed by atoms with E-state index >= 15 is 0 Å². The Balaban J connectivity index is 1.59. The van der Waals surface area contributed by atoms with E-state index in [-0.39, 0.29) is 0 Å². The third-order valence-corrected chi connectivity index (χ3v) is 3.37. The number of quaternary nitrogens is 1. The first kappa shape index (κ1) is 14.0. The van der Waals surface area contributed by atoms with Crippen molar-refractivity contribution < 1.29 is 5.32 Å². The van der Waals surface area contributed by atoms with Crippen molar-refractivity contribution in [3.8, 4) is 23.1 Å². The summed E-state index contributed by atoms with van der Waals surface area (Å²) < 4.78 is 0. The molecular weight excluding hydrogens is 266 g/mol. The van der Waals surface area contributed by atoms with Gasteiger partial charge in [0.15, 0.2) is 0 Å². The predicted molar refractivity (Wildman–Crippen MR) is 90.5 cm³/mol. The molecule has 1 heteroatoms. The van der Waals surface area contributed by atoms with E-state index < -0.39 is 0 Å². The summed E-state index contributed by atoms with van der Waals surface area (Å²) >= 11 is 0. The molecule has 0 aliphatic rings. The van der Waals surface area contributed by atoms with Gasteiger partial charge in [-0.3, -0.25) is 5.32 Å². The van der Waals surface area contributed by atoms with Crippen LogP contribution in [0.3, 0.4) is 0 Å². The van der Waals surface area contributed by atoms with Crippen molar-refractivity contribution in [1.82, 2.24) is 0 Å². The fraction of sp³-hybridized carbons (Fsp3) is 0. The second-order valence-electron chi connectivity index (χ2n) is 4.96. The van der Waals surface area contributed by atoms with Crippen LogP contribution in [0.4, 0.5) is 0 Å². The first-order chi connectivity index (χ1) is 10.9. The van der Waals surface area contributed by atoms with E-state index in [1.165, 1.54) is 11.1 Å². The van der Waals surface area contributed by atoms with Gasteiger partial charge in [-0.15, -0.1) is 17.7 Å². The van der Waals surface area contributed by atoms with E-state index in [0.717, 1.165) is 11.1 Å². The van der Waals surface area contributed by atoms with Crippen LogP contribution in [-0.2, 0) is 0 Å².